The Hall–Kier alpha value is -3.32. The Labute approximate surface area is 418 Å². The Kier molecular flexibility index (Phi) is 36.9. The van der Waals surface area contributed by atoms with Gasteiger partial charge in [-0.25, -0.2) is 0 Å². The quantitative estimate of drug-likeness (QED) is 0.0179. The van der Waals surface area contributed by atoms with Crippen LogP contribution in [0.5, 0.6) is 0 Å². The molecule has 0 amide bonds. The Morgan fingerprint density at radius 1 is 0.471 bits per heavy atom. The predicted octanol–water partition coefficient (Wildman–Crippen LogP) is 7.60. The molecule has 2 rings (SSSR count). The van der Waals surface area contributed by atoms with Gasteiger partial charge in [-0.1, -0.05) is 157 Å². The van der Waals surface area contributed by atoms with E-state index in [2.05, 4.69) is 86.8 Å². The molecule has 2 aliphatic heterocycles. The Balaban J connectivity index is 1.84. The molecule has 0 aromatic heterocycles. The van der Waals surface area contributed by atoms with Crippen LogP contribution >= 0.6 is 0 Å². The molecule has 0 saturated carbocycles. The summed E-state index contributed by atoms with van der Waals surface area (Å²) in [4.78, 5) is 25.8. The summed E-state index contributed by atoms with van der Waals surface area (Å²) in [6.07, 6.45) is 33.3. The van der Waals surface area contributed by atoms with E-state index in [0.29, 0.717) is 19.3 Å². The highest BCUT2D eigenvalue weighted by molar-refractivity contribution is 5.70. The van der Waals surface area contributed by atoms with Crippen molar-refractivity contribution in [3.8, 4) is 0 Å². The van der Waals surface area contributed by atoms with Crippen LogP contribution in [0.3, 0.4) is 0 Å². The number of aliphatic hydroxyl groups excluding tert-OH is 7. The number of hydrogen-bond acceptors (Lipinski definition) is 15. The van der Waals surface area contributed by atoms with Crippen molar-refractivity contribution in [2.24, 2.45) is 0 Å². The summed E-state index contributed by atoms with van der Waals surface area (Å²) in [6.45, 7) is 2.35. The number of rotatable bonds is 39. The van der Waals surface area contributed by atoms with Gasteiger partial charge in [0.05, 0.1) is 19.8 Å². The minimum absolute atomic E-state index is 0.0356. The lowest BCUT2D eigenvalue weighted by Crippen LogP contribution is -2.61. The summed E-state index contributed by atoms with van der Waals surface area (Å²) >= 11 is 0. The van der Waals surface area contributed by atoms with E-state index in [1.54, 1.807) is 0 Å². The number of esters is 2. The molecular weight excluding hydrogens is 901 g/mol. The van der Waals surface area contributed by atoms with Gasteiger partial charge in [0.2, 0.25) is 0 Å². The molecule has 0 aromatic rings. The summed E-state index contributed by atoms with van der Waals surface area (Å²) in [5.74, 6) is -1.03. The molecule has 400 valence electrons. The zero-order valence-corrected chi connectivity index (χ0v) is 42.2. The van der Waals surface area contributed by atoms with Crippen LogP contribution < -0.4 is 0 Å². The first-order chi connectivity index (χ1) is 34.0. The minimum atomic E-state index is -1.78. The van der Waals surface area contributed by atoms with Crippen molar-refractivity contribution in [2.75, 3.05) is 26.4 Å². The number of aliphatic hydroxyl groups is 7. The van der Waals surface area contributed by atoms with Gasteiger partial charge in [0.1, 0.15) is 55.4 Å². The van der Waals surface area contributed by atoms with Crippen molar-refractivity contribution in [1.82, 2.24) is 0 Å². The van der Waals surface area contributed by atoms with Gasteiger partial charge in [0.15, 0.2) is 18.7 Å². The number of hydrogen-bond donors (Lipinski definition) is 7. The lowest BCUT2D eigenvalue weighted by molar-refractivity contribution is -0.332. The molecule has 2 heterocycles. The SMILES string of the molecule is CC/C=C/C/C=C/C/C=C/C/C=C/C/C=C/C/C=C/CCC(=O)O[C@H](COC(=O)CCCCCCCCCCC/C=C/CCCC)CO[C@H]1O[C@@H](CO[C@H]2O[C@@H](CO)[C@@H](O)C(O)C2O)[C@@H](O)C(O)C1O. The minimum Gasteiger partial charge on any atom is -0.462 e. The van der Waals surface area contributed by atoms with Crippen molar-refractivity contribution < 1.29 is 73.8 Å². The maximum Gasteiger partial charge on any atom is 0.306 e. The number of allylic oxidation sites excluding steroid dienone is 14. The third-order valence-corrected chi connectivity index (χ3v) is 11.9. The lowest BCUT2D eigenvalue weighted by Gasteiger charge is -2.42. The van der Waals surface area contributed by atoms with E-state index in [1.807, 2.05) is 12.2 Å². The first kappa shape index (κ1) is 62.8. The van der Waals surface area contributed by atoms with Gasteiger partial charge in [0.25, 0.3) is 0 Å². The summed E-state index contributed by atoms with van der Waals surface area (Å²) in [5, 5.41) is 72.1. The highest BCUT2D eigenvalue weighted by atomic mass is 16.7. The van der Waals surface area contributed by atoms with Crippen LogP contribution in [-0.4, -0.2) is 142 Å². The lowest BCUT2D eigenvalue weighted by atomic mass is 9.98. The maximum atomic E-state index is 13.0. The van der Waals surface area contributed by atoms with Gasteiger partial charge in [-0.3, -0.25) is 9.59 Å². The van der Waals surface area contributed by atoms with Crippen molar-refractivity contribution in [3.05, 3.63) is 85.1 Å². The molecule has 0 bridgehead atoms. The smallest absolute Gasteiger partial charge is 0.306 e. The van der Waals surface area contributed by atoms with Gasteiger partial charge < -0.3 is 64.2 Å². The van der Waals surface area contributed by atoms with Gasteiger partial charge in [-0.05, 0) is 70.6 Å². The second-order valence-corrected chi connectivity index (χ2v) is 18.0. The van der Waals surface area contributed by atoms with Crippen molar-refractivity contribution in [1.29, 1.82) is 0 Å². The standard InChI is InChI=1S/C55H90O15/c1-3-5-7-9-11-13-15-17-19-20-21-22-24-26-28-30-32-34-36-38-47(58)68-43(40-65-46(57)37-35-33-31-29-27-25-23-18-16-14-12-10-8-6-4-2)41-66-54-53(64)51(62)49(60)45(70-54)42-67-55-52(63)50(61)48(59)44(39-56)69-55/h5,7,10-13,17,19,21-22,26,28,32,34,43-45,48-56,59-64H,3-4,6,8-9,14-16,18,20,23-25,27,29-31,33,35-42H2,1-2H3/b7-5+,12-10+,13-11+,19-17+,22-21+,28-26+,34-32+/t43-,44+,45+,48-,49-,50?,51?,52?,53?,54+,55+/m1/s1. The van der Waals surface area contributed by atoms with Crippen LogP contribution in [0.2, 0.25) is 0 Å². The maximum absolute atomic E-state index is 13.0. The molecule has 11 atom stereocenters. The van der Waals surface area contributed by atoms with Crippen LogP contribution in [-0.2, 0) is 38.0 Å². The van der Waals surface area contributed by atoms with E-state index in [1.165, 1.54) is 51.4 Å². The number of ether oxygens (including phenoxy) is 6. The number of unbranched alkanes of at least 4 members (excludes halogenated alkanes) is 11. The molecule has 15 nitrogen and oxygen atoms in total. The van der Waals surface area contributed by atoms with E-state index < -0.39 is 99.3 Å². The monoisotopic (exact) mass is 991 g/mol. The van der Waals surface area contributed by atoms with Gasteiger partial charge in [0, 0.05) is 12.8 Å². The Bertz CT molecular complexity index is 1540. The van der Waals surface area contributed by atoms with Crippen molar-refractivity contribution in [2.45, 2.75) is 223 Å². The average Bonchev–Trinajstić information content (AvgIpc) is 3.35. The Morgan fingerprint density at radius 2 is 0.929 bits per heavy atom. The van der Waals surface area contributed by atoms with Crippen molar-refractivity contribution >= 4 is 11.9 Å². The molecule has 15 heteroatoms. The van der Waals surface area contributed by atoms with Crippen molar-refractivity contribution in [3.63, 3.8) is 0 Å². The number of carbonyl (C=O) groups excluding carboxylic acids is 2. The number of carbonyl (C=O) groups is 2. The molecule has 0 radical (unpaired) electrons. The first-order valence-electron chi connectivity index (χ1n) is 26.2. The predicted molar refractivity (Wildman–Crippen MR) is 270 cm³/mol. The molecule has 2 saturated heterocycles. The van der Waals surface area contributed by atoms with E-state index in [4.69, 9.17) is 28.4 Å². The molecular formula is C55H90O15. The second kappa shape index (κ2) is 41.2. The van der Waals surface area contributed by atoms with E-state index >= 15 is 0 Å². The van der Waals surface area contributed by atoms with Crippen LogP contribution in [0.1, 0.15) is 155 Å². The van der Waals surface area contributed by atoms with E-state index in [9.17, 15) is 45.3 Å². The first-order valence-corrected chi connectivity index (χ1v) is 26.2. The molecule has 70 heavy (non-hydrogen) atoms. The highest BCUT2D eigenvalue weighted by Gasteiger charge is 2.47. The molecule has 2 fully saturated rings. The third-order valence-electron chi connectivity index (χ3n) is 11.9. The van der Waals surface area contributed by atoms with Gasteiger partial charge in [-0.2, -0.15) is 0 Å². The fourth-order valence-corrected chi connectivity index (χ4v) is 7.58. The van der Waals surface area contributed by atoms with Crippen LogP contribution in [0, 0.1) is 0 Å². The molecule has 2 aliphatic rings. The summed E-state index contributed by atoms with van der Waals surface area (Å²) in [6, 6.07) is 0. The van der Waals surface area contributed by atoms with Crippen LogP contribution in [0.15, 0.2) is 85.1 Å². The zero-order valence-electron chi connectivity index (χ0n) is 42.2. The van der Waals surface area contributed by atoms with E-state index in [0.717, 1.165) is 57.8 Å². The molecule has 4 unspecified atom stereocenters. The average molecular weight is 991 g/mol. The molecule has 7 N–H and O–H groups in total. The highest BCUT2D eigenvalue weighted by Crippen LogP contribution is 2.26. The fraction of sp³-hybridized carbons (Fsp3) is 0.709. The molecule has 0 spiro atoms. The topological polar surface area (TPSA) is 231 Å². The summed E-state index contributed by atoms with van der Waals surface area (Å²) < 4.78 is 33.5. The fourth-order valence-electron chi connectivity index (χ4n) is 7.58. The Morgan fingerprint density at radius 3 is 1.47 bits per heavy atom. The normalized spacial score (nSPS) is 26.1. The second-order valence-electron chi connectivity index (χ2n) is 18.0. The van der Waals surface area contributed by atoms with Gasteiger partial charge >= 0.3 is 11.9 Å². The third kappa shape index (κ3) is 28.7. The summed E-state index contributed by atoms with van der Waals surface area (Å²) in [5.41, 5.74) is 0. The van der Waals surface area contributed by atoms with E-state index in [-0.39, 0.29) is 19.4 Å². The van der Waals surface area contributed by atoms with Gasteiger partial charge in [-0.15, -0.1) is 0 Å². The molecule has 0 aliphatic carbocycles. The zero-order chi connectivity index (χ0) is 51.0. The van der Waals surface area contributed by atoms with Crippen LogP contribution in [0.4, 0.5) is 0 Å². The van der Waals surface area contributed by atoms with Crippen LogP contribution in [0.25, 0.3) is 0 Å². The largest absolute Gasteiger partial charge is 0.462 e. The summed E-state index contributed by atoms with van der Waals surface area (Å²) in [7, 11) is 0. The molecule has 0 aromatic carbocycles.